The van der Waals surface area contributed by atoms with Crippen LogP contribution in [-0.2, 0) is 16.0 Å². The van der Waals surface area contributed by atoms with Crippen LogP contribution in [0.1, 0.15) is 17.5 Å². The second-order valence-electron chi connectivity index (χ2n) is 5.42. The highest BCUT2D eigenvalue weighted by Gasteiger charge is 2.33. The van der Waals surface area contributed by atoms with Crippen LogP contribution < -0.4 is 5.43 Å². The lowest BCUT2D eigenvalue weighted by Crippen LogP contribution is -2.23. The molecule has 1 N–H and O–H groups in total. The van der Waals surface area contributed by atoms with Gasteiger partial charge >= 0.3 is 6.18 Å². The molecule has 0 aromatic heterocycles. The summed E-state index contributed by atoms with van der Waals surface area (Å²) in [6.07, 6.45) is -4.59. The maximum absolute atomic E-state index is 13.5. The number of halogens is 4. The van der Waals surface area contributed by atoms with Crippen molar-refractivity contribution in [1.82, 2.24) is 0 Å². The molecule has 0 bridgehead atoms. The monoisotopic (exact) mass is 372 g/mol. The molecule has 1 heterocycles. The number of hydrogen-bond acceptors (Lipinski definition) is 4. The van der Waals surface area contributed by atoms with Crippen molar-refractivity contribution in [3.63, 3.8) is 0 Å². The second-order valence-corrected chi connectivity index (χ2v) is 7.50. The minimum atomic E-state index is -4.57. The first-order chi connectivity index (χ1) is 11.7. The SMILES string of the molecule is O=S1(=O)CC/C(=N\Nc2ccccc2C(F)(F)F)c2cc(F)ccc21. The number of nitrogens with zero attached hydrogens (tertiary/aromatic N) is 1. The third kappa shape index (κ3) is 3.51. The first-order valence-corrected chi connectivity index (χ1v) is 8.85. The van der Waals surface area contributed by atoms with Crippen LogP contribution in [0.25, 0.3) is 0 Å². The molecule has 0 unspecified atom stereocenters. The number of hydrogen-bond donors (Lipinski definition) is 1. The summed E-state index contributed by atoms with van der Waals surface area (Å²) < 4.78 is 76.5. The maximum Gasteiger partial charge on any atom is 0.418 e. The van der Waals surface area contributed by atoms with Crippen molar-refractivity contribution in [1.29, 1.82) is 0 Å². The molecule has 2 aromatic carbocycles. The standard InChI is InChI=1S/C16H12F4N2O2S/c17-10-5-6-15-11(9-10)13(7-8-25(15,23)24)21-22-14-4-2-1-3-12(14)16(18,19)20/h1-6,9,22H,7-8H2/b21-13+. The van der Waals surface area contributed by atoms with Gasteiger partial charge in [-0.2, -0.15) is 18.3 Å². The van der Waals surface area contributed by atoms with E-state index in [-0.39, 0.29) is 34.0 Å². The van der Waals surface area contributed by atoms with Crippen molar-refractivity contribution < 1.29 is 26.0 Å². The van der Waals surface area contributed by atoms with Gasteiger partial charge in [-0.25, -0.2) is 12.8 Å². The Labute approximate surface area is 141 Å². The Bertz CT molecular complexity index is 953. The summed E-state index contributed by atoms with van der Waals surface area (Å²) in [5.41, 5.74) is 1.40. The summed E-state index contributed by atoms with van der Waals surface area (Å²) in [5.74, 6) is -0.896. The summed E-state index contributed by atoms with van der Waals surface area (Å²) in [4.78, 5) is -0.0789. The van der Waals surface area contributed by atoms with Gasteiger partial charge in [0.25, 0.3) is 0 Å². The van der Waals surface area contributed by atoms with Gasteiger partial charge in [0.15, 0.2) is 9.84 Å². The topological polar surface area (TPSA) is 58.5 Å². The highest BCUT2D eigenvalue weighted by molar-refractivity contribution is 7.91. The number of sulfone groups is 1. The van der Waals surface area contributed by atoms with Crippen LogP contribution >= 0.6 is 0 Å². The highest BCUT2D eigenvalue weighted by atomic mass is 32.2. The lowest BCUT2D eigenvalue weighted by atomic mass is 10.1. The zero-order chi connectivity index (χ0) is 18.2. The van der Waals surface area contributed by atoms with E-state index in [0.717, 1.165) is 24.3 Å². The number of alkyl halides is 3. The first kappa shape index (κ1) is 17.4. The Hall–Kier alpha value is -2.42. The van der Waals surface area contributed by atoms with Gasteiger partial charge in [0.1, 0.15) is 5.82 Å². The van der Waals surface area contributed by atoms with E-state index in [4.69, 9.17) is 0 Å². The van der Waals surface area contributed by atoms with Crippen LogP contribution in [0.5, 0.6) is 0 Å². The van der Waals surface area contributed by atoms with E-state index in [0.29, 0.717) is 0 Å². The van der Waals surface area contributed by atoms with Gasteiger partial charge in [-0.1, -0.05) is 12.1 Å². The highest BCUT2D eigenvalue weighted by Crippen LogP contribution is 2.35. The van der Waals surface area contributed by atoms with Gasteiger partial charge in [-0.05, 0) is 30.3 Å². The van der Waals surface area contributed by atoms with Crippen molar-refractivity contribution in [2.24, 2.45) is 5.10 Å². The Morgan fingerprint density at radius 3 is 2.52 bits per heavy atom. The molecule has 132 valence electrons. The smallest absolute Gasteiger partial charge is 0.278 e. The largest absolute Gasteiger partial charge is 0.418 e. The Balaban J connectivity index is 2.01. The van der Waals surface area contributed by atoms with Crippen molar-refractivity contribution in [2.75, 3.05) is 11.2 Å². The molecule has 4 nitrogen and oxygen atoms in total. The molecule has 2 aromatic rings. The molecule has 0 radical (unpaired) electrons. The number of hydrazone groups is 1. The number of para-hydroxylation sites is 1. The average molecular weight is 372 g/mol. The van der Waals surface area contributed by atoms with E-state index < -0.39 is 27.4 Å². The predicted octanol–water partition coefficient (Wildman–Crippen LogP) is 3.84. The fourth-order valence-corrected chi connectivity index (χ4v) is 4.02. The minimum absolute atomic E-state index is 0.0278. The molecule has 0 amide bonds. The molecule has 0 saturated carbocycles. The van der Waals surface area contributed by atoms with Gasteiger partial charge in [0.2, 0.25) is 0 Å². The summed E-state index contributed by atoms with van der Waals surface area (Å²) in [6.45, 7) is 0. The minimum Gasteiger partial charge on any atom is -0.278 e. The summed E-state index contributed by atoms with van der Waals surface area (Å²) in [7, 11) is -3.56. The Morgan fingerprint density at radius 2 is 1.80 bits per heavy atom. The molecule has 0 saturated heterocycles. The molecule has 1 aliphatic heterocycles. The van der Waals surface area contributed by atoms with Crippen LogP contribution in [0.15, 0.2) is 52.5 Å². The van der Waals surface area contributed by atoms with Gasteiger partial charge < -0.3 is 0 Å². The zero-order valence-electron chi connectivity index (χ0n) is 12.6. The molecule has 25 heavy (non-hydrogen) atoms. The molecule has 0 fully saturated rings. The number of benzene rings is 2. The number of nitrogens with one attached hydrogen (secondary N) is 1. The van der Waals surface area contributed by atoms with Crippen molar-refractivity contribution in [3.8, 4) is 0 Å². The van der Waals surface area contributed by atoms with Gasteiger partial charge in [-0.3, -0.25) is 5.43 Å². The normalized spacial score (nSPS) is 18.0. The molecular formula is C16H12F4N2O2S. The van der Waals surface area contributed by atoms with E-state index >= 15 is 0 Å². The first-order valence-electron chi connectivity index (χ1n) is 7.20. The van der Waals surface area contributed by atoms with Crippen LogP contribution in [0.3, 0.4) is 0 Å². The summed E-state index contributed by atoms with van der Waals surface area (Å²) in [6, 6.07) is 7.95. The molecular weight excluding hydrogens is 360 g/mol. The van der Waals surface area contributed by atoms with Crippen molar-refractivity contribution in [2.45, 2.75) is 17.5 Å². The van der Waals surface area contributed by atoms with Crippen molar-refractivity contribution in [3.05, 3.63) is 59.4 Å². The second kappa shape index (κ2) is 6.14. The number of anilines is 1. The van der Waals surface area contributed by atoms with E-state index in [2.05, 4.69) is 10.5 Å². The van der Waals surface area contributed by atoms with Gasteiger partial charge in [0.05, 0.1) is 27.6 Å². The molecule has 3 rings (SSSR count). The maximum atomic E-state index is 13.5. The Kier molecular flexibility index (Phi) is 4.28. The molecule has 9 heteroatoms. The molecule has 0 spiro atoms. The quantitative estimate of drug-likeness (QED) is 0.495. The van der Waals surface area contributed by atoms with E-state index in [1.165, 1.54) is 18.2 Å². The summed E-state index contributed by atoms with van der Waals surface area (Å²) in [5, 5.41) is 3.91. The number of fused-ring (bicyclic) bond motifs is 1. The predicted molar refractivity (Wildman–Crippen MR) is 84.7 cm³/mol. The lowest BCUT2D eigenvalue weighted by molar-refractivity contribution is -0.136. The fourth-order valence-electron chi connectivity index (χ4n) is 2.55. The van der Waals surface area contributed by atoms with Crippen LogP contribution in [0, 0.1) is 5.82 Å². The van der Waals surface area contributed by atoms with Crippen LogP contribution in [-0.4, -0.2) is 19.9 Å². The fraction of sp³-hybridized carbons (Fsp3) is 0.188. The average Bonchev–Trinajstić information content (AvgIpc) is 2.53. The van der Waals surface area contributed by atoms with E-state index in [1.54, 1.807) is 0 Å². The zero-order valence-corrected chi connectivity index (χ0v) is 13.5. The van der Waals surface area contributed by atoms with Crippen molar-refractivity contribution >= 4 is 21.2 Å². The summed E-state index contributed by atoms with van der Waals surface area (Å²) >= 11 is 0. The van der Waals surface area contributed by atoms with E-state index in [1.807, 2.05) is 0 Å². The number of rotatable bonds is 2. The van der Waals surface area contributed by atoms with Gasteiger partial charge in [-0.15, -0.1) is 0 Å². The van der Waals surface area contributed by atoms with E-state index in [9.17, 15) is 26.0 Å². The molecule has 1 aliphatic rings. The third-order valence-electron chi connectivity index (χ3n) is 3.74. The molecule has 0 atom stereocenters. The van der Waals surface area contributed by atoms with Crippen LogP contribution in [0.2, 0.25) is 0 Å². The van der Waals surface area contributed by atoms with Crippen LogP contribution in [0.4, 0.5) is 23.2 Å². The molecule has 0 aliphatic carbocycles. The lowest BCUT2D eigenvalue weighted by Gasteiger charge is -2.19. The van der Waals surface area contributed by atoms with Gasteiger partial charge in [0, 0.05) is 12.0 Å². The third-order valence-corrected chi connectivity index (χ3v) is 5.51. The Morgan fingerprint density at radius 1 is 1.08 bits per heavy atom.